The van der Waals surface area contributed by atoms with Crippen LogP contribution in [0.15, 0.2) is 60.7 Å². The fourth-order valence-electron chi connectivity index (χ4n) is 6.21. The number of para-hydroxylation sites is 1. The fourth-order valence-corrected chi connectivity index (χ4v) is 6.21. The minimum absolute atomic E-state index is 0.145. The van der Waals surface area contributed by atoms with Crippen LogP contribution in [-0.4, -0.2) is 57.2 Å². The number of allylic oxidation sites excluding steroid dienone is 1. The van der Waals surface area contributed by atoms with Crippen molar-refractivity contribution in [3.05, 3.63) is 66.2 Å². The Balaban J connectivity index is 1.32. The van der Waals surface area contributed by atoms with Gasteiger partial charge in [0.15, 0.2) is 5.82 Å². The van der Waals surface area contributed by atoms with E-state index in [0.717, 1.165) is 11.3 Å². The highest BCUT2D eigenvalue weighted by Crippen LogP contribution is 2.45. The molecule has 2 aliphatic carbocycles. The van der Waals surface area contributed by atoms with E-state index in [1.807, 2.05) is 42.7 Å². The molecule has 5 atom stereocenters. The second-order valence-corrected chi connectivity index (χ2v) is 11.6. The molecule has 4 amide bonds. The lowest BCUT2D eigenvalue weighted by molar-refractivity contribution is -0.138. The van der Waals surface area contributed by atoms with E-state index in [1.165, 1.54) is 0 Å². The molecule has 11 nitrogen and oxygen atoms in total. The third-order valence-electron chi connectivity index (χ3n) is 8.74. The van der Waals surface area contributed by atoms with E-state index < -0.39 is 41.3 Å². The topological polar surface area (TPSA) is 168 Å². The van der Waals surface area contributed by atoms with Crippen LogP contribution in [0.4, 0.5) is 4.79 Å². The molecule has 3 aliphatic rings. The Bertz CT molecular complexity index is 1700. The van der Waals surface area contributed by atoms with Gasteiger partial charge in [0.1, 0.15) is 11.6 Å². The fraction of sp³-hybridized carbons (Fsp3) is 0.364. The predicted molar refractivity (Wildman–Crippen MR) is 159 cm³/mol. The average Bonchev–Trinajstić information content (AvgIpc) is 3.54. The van der Waals surface area contributed by atoms with Crippen molar-refractivity contribution in [3.8, 4) is 23.3 Å². The number of primary amides is 1. The summed E-state index contributed by atoms with van der Waals surface area (Å²) in [4.78, 5) is 62.2. The standard InChI is InChI=1S/C33H31N6O5/c34-18-20-10-12-21(13-11-20)28-36-27-9-5-4-8-24(27)30(37-28)44-23-15-25-26(16-23)31(42)39(32(35)43)14-6-2-1-3-7-22-17-33(22,19-40)38-29(25)41/h3-5,7-13,22-23,25-26H,1-2,6,14-17H2,(H2,35,43)(H,38,41)/b7-3+. The number of nitrogens with two attached hydrogens (primary N) is 1. The molecule has 11 heteroatoms. The number of carbonyl (C=O) groups is 3. The van der Waals surface area contributed by atoms with Gasteiger partial charge in [-0.3, -0.25) is 19.3 Å². The molecule has 0 spiro atoms. The lowest BCUT2D eigenvalue weighted by Crippen LogP contribution is -2.49. The van der Waals surface area contributed by atoms with Crippen molar-refractivity contribution in [1.82, 2.24) is 20.2 Å². The molecule has 3 aromatic rings. The summed E-state index contributed by atoms with van der Waals surface area (Å²) in [6.07, 6.45) is 8.04. The van der Waals surface area contributed by atoms with Gasteiger partial charge in [-0.2, -0.15) is 10.2 Å². The van der Waals surface area contributed by atoms with E-state index in [4.69, 9.17) is 15.5 Å². The minimum atomic E-state index is -1.12. The zero-order chi connectivity index (χ0) is 30.8. The summed E-state index contributed by atoms with van der Waals surface area (Å²) in [5, 5.41) is 12.7. The van der Waals surface area contributed by atoms with Crippen molar-refractivity contribution in [2.24, 2.45) is 23.5 Å². The number of nitriles is 1. The van der Waals surface area contributed by atoms with Crippen LogP contribution in [0.5, 0.6) is 5.88 Å². The number of fused-ring (bicyclic) bond motifs is 3. The predicted octanol–water partition coefficient (Wildman–Crippen LogP) is 3.57. The van der Waals surface area contributed by atoms with Crippen LogP contribution in [0.3, 0.4) is 0 Å². The lowest BCUT2D eigenvalue weighted by Gasteiger charge is -2.26. The van der Waals surface area contributed by atoms with Crippen molar-refractivity contribution >= 4 is 35.0 Å². The largest absolute Gasteiger partial charge is 0.474 e. The zero-order valence-electron chi connectivity index (χ0n) is 23.9. The lowest BCUT2D eigenvalue weighted by atomic mass is 9.93. The summed E-state index contributed by atoms with van der Waals surface area (Å²) >= 11 is 0. The molecule has 6 rings (SSSR count). The first-order valence-corrected chi connectivity index (χ1v) is 14.7. The van der Waals surface area contributed by atoms with E-state index in [9.17, 15) is 24.4 Å². The second kappa shape index (κ2) is 11.9. The molecule has 0 saturated heterocycles. The highest BCUT2D eigenvalue weighted by Gasteiger charge is 2.57. The van der Waals surface area contributed by atoms with Gasteiger partial charge in [-0.05, 0) is 74.9 Å². The van der Waals surface area contributed by atoms with Gasteiger partial charge in [-0.25, -0.2) is 9.78 Å². The van der Waals surface area contributed by atoms with Gasteiger partial charge in [0.05, 0.1) is 34.4 Å². The summed E-state index contributed by atoms with van der Waals surface area (Å²) in [7, 11) is 0. The van der Waals surface area contributed by atoms with Gasteiger partial charge >= 0.3 is 6.03 Å². The number of hydrogen-bond donors (Lipinski definition) is 2. The Morgan fingerprint density at radius 2 is 1.84 bits per heavy atom. The molecule has 5 unspecified atom stereocenters. The molecule has 223 valence electrons. The Kier molecular flexibility index (Phi) is 7.82. The van der Waals surface area contributed by atoms with Gasteiger partial charge in [0.25, 0.3) is 0 Å². The maximum absolute atomic E-state index is 13.8. The molecule has 1 aliphatic heterocycles. The molecular weight excluding hydrogens is 560 g/mol. The molecule has 1 aromatic heterocycles. The second-order valence-electron chi connectivity index (χ2n) is 11.6. The number of nitrogens with one attached hydrogen (secondary N) is 1. The maximum Gasteiger partial charge on any atom is 0.321 e. The van der Waals surface area contributed by atoms with Crippen molar-refractivity contribution in [2.45, 2.75) is 50.2 Å². The molecule has 2 fully saturated rings. The summed E-state index contributed by atoms with van der Waals surface area (Å²) in [5.74, 6) is -2.21. The number of nitrogens with zero attached hydrogens (tertiary/aromatic N) is 4. The van der Waals surface area contributed by atoms with Crippen molar-refractivity contribution in [3.63, 3.8) is 0 Å². The van der Waals surface area contributed by atoms with Gasteiger partial charge in [0.2, 0.25) is 24.0 Å². The first kappa shape index (κ1) is 29.0. The van der Waals surface area contributed by atoms with Crippen LogP contribution < -0.4 is 15.8 Å². The molecule has 2 heterocycles. The number of benzene rings is 2. The SMILES string of the molecule is N#Cc1ccc(-c2nc(OC3CC4C(=O)NC5([C]=O)CC5/C=C/CCCCN(C(N)=O)C(=O)C4C3)c3ccccc3n2)cc1. The zero-order valence-corrected chi connectivity index (χ0v) is 23.9. The van der Waals surface area contributed by atoms with Gasteiger partial charge in [-0.1, -0.05) is 24.3 Å². The minimum Gasteiger partial charge on any atom is -0.474 e. The number of imide groups is 1. The molecule has 2 saturated carbocycles. The normalized spacial score (nSPS) is 27.7. The van der Waals surface area contributed by atoms with Crippen LogP contribution in [0.1, 0.15) is 44.1 Å². The van der Waals surface area contributed by atoms with E-state index in [0.29, 0.717) is 47.1 Å². The number of ether oxygens (including phenoxy) is 1. The smallest absolute Gasteiger partial charge is 0.321 e. The number of rotatable bonds is 4. The summed E-state index contributed by atoms with van der Waals surface area (Å²) in [5.41, 5.74) is 6.34. The Hall–Kier alpha value is -5.11. The quantitative estimate of drug-likeness (QED) is 0.434. The molecule has 2 aromatic carbocycles. The van der Waals surface area contributed by atoms with Crippen LogP contribution in [0.25, 0.3) is 22.3 Å². The highest BCUT2D eigenvalue weighted by molar-refractivity contribution is 5.98. The Morgan fingerprint density at radius 3 is 2.59 bits per heavy atom. The maximum atomic E-state index is 13.8. The van der Waals surface area contributed by atoms with E-state index >= 15 is 0 Å². The summed E-state index contributed by atoms with van der Waals surface area (Å²) in [6.45, 7) is 0.151. The van der Waals surface area contributed by atoms with E-state index in [2.05, 4.69) is 16.4 Å². The van der Waals surface area contributed by atoms with Crippen LogP contribution >= 0.6 is 0 Å². The Morgan fingerprint density at radius 1 is 1.07 bits per heavy atom. The van der Waals surface area contributed by atoms with Gasteiger partial charge in [-0.15, -0.1) is 0 Å². The summed E-state index contributed by atoms with van der Waals surface area (Å²) in [6, 6.07) is 15.5. The van der Waals surface area contributed by atoms with Gasteiger partial charge < -0.3 is 15.8 Å². The first-order valence-electron chi connectivity index (χ1n) is 14.7. The number of hydrogen-bond acceptors (Lipinski definition) is 8. The van der Waals surface area contributed by atoms with E-state index in [-0.39, 0.29) is 31.2 Å². The third kappa shape index (κ3) is 5.63. The number of carbonyl (C=O) groups excluding carboxylic acids is 4. The molecule has 3 N–H and O–H groups in total. The van der Waals surface area contributed by atoms with Crippen LogP contribution in [0, 0.1) is 29.1 Å². The molecule has 0 bridgehead atoms. The van der Waals surface area contributed by atoms with E-state index in [1.54, 1.807) is 24.3 Å². The highest BCUT2D eigenvalue weighted by atomic mass is 16.5. The van der Waals surface area contributed by atoms with Gasteiger partial charge in [0, 0.05) is 18.0 Å². The molecular formula is C33H31N6O5. The van der Waals surface area contributed by atoms with Crippen molar-refractivity contribution < 1.29 is 23.9 Å². The van der Waals surface area contributed by atoms with Crippen molar-refractivity contribution in [2.75, 3.05) is 6.54 Å². The number of urea groups is 1. The molecule has 1 radical (unpaired) electrons. The van der Waals surface area contributed by atoms with Crippen LogP contribution in [-0.2, 0) is 14.4 Å². The monoisotopic (exact) mass is 591 g/mol. The molecule has 44 heavy (non-hydrogen) atoms. The third-order valence-corrected chi connectivity index (χ3v) is 8.74. The first-order chi connectivity index (χ1) is 21.3. The average molecular weight is 592 g/mol. The number of aromatic nitrogens is 2. The van der Waals surface area contributed by atoms with Crippen LogP contribution in [0.2, 0.25) is 0 Å². The Labute approximate surface area is 254 Å². The number of amides is 4. The van der Waals surface area contributed by atoms with Crippen molar-refractivity contribution in [1.29, 1.82) is 5.26 Å². The summed E-state index contributed by atoms with van der Waals surface area (Å²) < 4.78 is 6.44.